The van der Waals surface area contributed by atoms with E-state index in [9.17, 15) is 18.8 Å². The van der Waals surface area contributed by atoms with Crippen molar-refractivity contribution in [3.63, 3.8) is 0 Å². The number of hydrogen-bond donors (Lipinski definition) is 1. The minimum absolute atomic E-state index is 0.0897. The van der Waals surface area contributed by atoms with Crippen LogP contribution >= 0.6 is 0 Å². The fourth-order valence-electron chi connectivity index (χ4n) is 1.82. The van der Waals surface area contributed by atoms with Crippen molar-refractivity contribution in [2.24, 2.45) is 0 Å². The van der Waals surface area contributed by atoms with Gasteiger partial charge in [0.15, 0.2) is 0 Å². The van der Waals surface area contributed by atoms with E-state index in [1.165, 1.54) is 24.3 Å². The monoisotopic (exact) mass is 288 g/mol. The van der Waals surface area contributed by atoms with Gasteiger partial charge in [0.25, 0.3) is 0 Å². The molecule has 1 fully saturated rings. The van der Waals surface area contributed by atoms with Gasteiger partial charge in [-0.05, 0) is 24.3 Å². The maximum Gasteiger partial charge on any atom is 0.240 e. The lowest BCUT2D eigenvalue weighted by molar-refractivity contribution is -0.142. The van der Waals surface area contributed by atoms with Gasteiger partial charge in [0.2, 0.25) is 17.7 Å². The number of carbonyl (C=O) groups is 3. The molecule has 1 aromatic rings. The average molecular weight is 288 g/mol. The van der Waals surface area contributed by atoms with Crippen molar-refractivity contribution in [1.29, 1.82) is 0 Å². The van der Waals surface area contributed by atoms with Crippen LogP contribution in [0.5, 0.6) is 0 Å². The second-order valence-corrected chi connectivity index (χ2v) is 4.46. The van der Waals surface area contributed by atoms with E-state index in [1.54, 1.807) is 0 Å². The zero-order valence-electron chi connectivity index (χ0n) is 11.2. The van der Waals surface area contributed by atoms with E-state index < -0.39 is 5.91 Å². The molecule has 108 valence electrons. The van der Waals surface area contributed by atoms with Gasteiger partial charge in [-0.15, -0.1) is 0 Å². The van der Waals surface area contributed by atoms with Crippen LogP contribution in [-0.2, 0) is 14.4 Å². The number of hydrogen-bond acceptors (Lipinski definition) is 3. The first-order valence-electron chi connectivity index (χ1n) is 6.40. The normalized spacial score (nSPS) is 13.9. The zero-order chi connectivity index (χ0) is 15.2. The molecule has 0 spiro atoms. The molecule has 1 aliphatic heterocycles. The number of amides is 3. The summed E-state index contributed by atoms with van der Waals surface area (Å²) in [5.41, 5.74) is 0.635. The Bertz CT molecular complexity index is 613. The highest BCUT2D eigenvalue weighted by Crippen LogP contribution is 2.10. The standard InChI is InChI=1S/C15H13FN2O3/c16-12-5-3-11(4-6-12)2-1-9-17-13(19)10-18-14(20)7-8-15(18)21/h3-6H,7-10H2,(H,17,19). The fraction of sp³-hybridized carbons (Fsp3) is 0.267. The molecular formula is C15H13FN2O3. The molecule has 3 amide bonds. The predicted octanol–water partition coefficient (Wildman–Crippen LogP) is 0.442. The Hall–Kier alpha value is -2.68. The highest BCUT2D eigenvalue weighted by Gasteiger charge is 2.30. The molecule has 5 nitrogen and oxygen atoms in total. The van der Waals surface area contributed by atoms with Crippen LogP contribution in [0.2, 0.25) is 0 Å². The minimum Gasteiger partial charge on any atom is -0.344 e. The third-order valence-electron chi connectivity index (χ3n) is 2.91. The number of nitrogens with one attached hydrogen (secondary N) is 1. The van der Waals surface area contributed by atoms with Gasteiger partial charge in [-0.2, -0.15) is 0 Å². The lowest BCUT2D eigenvalue weighted by Gasteiger charge is -2.12. The SMILES string of the molecule is O=C(CN1C(=O)CCC1=O)NCC#Cc1ccc(F)cc1. The first kappa shape index (κ1) is 14.7. The summed E-state index contributed by atoms with van der Waals surface area (Å²) in [6.45, 7) is -0.178. The van der Waals surface area contributed by atoms with Crippen molar-refractivity contribution >= 4 is 17.7 Å². The second kappa shape index (κ2) is 6.66. The highest BCUT2D eigenvalue weighted by atomic mass is 19.1. The molecule has 1 aromatic carbocycles. The Morgan fingerprint density at radius 3 is 2.43 bits per heavy atom. The van der Waals surface area contributed by atoms with Crippen molar-refractivity contribution < 1.29 is 18.8 Å². The Morgan fingerprint density at radius 2 is 1.81 bits per heavy atom. The van der Waals surface area contributed by atoms with Crippen molar-refractivity contribution in [3.8, 4) is 11.8 Å². The summed E-state index contributed by atoms with van der Waals surface area (Å²) >= 11 is 0. The number of nitrogens with zero attached hydrogens (tertiary/aromatic N) is 1. The summed E-state index contributed by atoms with van der Waals surface area (Å²) in [4.78, 5) is 35.2. The predicted molar refractivity (Wildman–Crippen MR) is 72.2 cm³/mol. The van der Waals surface area contributed by atoms with Crippen LogP contribution < -0.4 is 5.32 Å². The van der Waals surface area contributed by atoms with Gasteiger partial charge in [0.05, 0.1) is 6.54 Å². The lowest BCUT2D eigenvalue weighted by atomic mass is 10.2. The Balaban J connectivity index is 1.78. The van der Waals surface area contributed by atoms with Gasteiger partial charge >= 0.3 is 0 Å². The fourth-order valence-corrected chi connectivity index (χ4v) is 1.82. The maximum atomic E-state index is 12.7. The number of halogens is 1. The Labute approximate surface area is 121 Å². The molecule has 6 heteroatoms. The summed E-state index contributed by atoms with van der Waals surface area (Å²) in [5.74, 6) is 4.04. The topological polar surface area (TPSA) is 66.5 Å². The van der Waals surface area contributed by atoms with Crippen LogP contribution in [-0.4, -0.2) is 35.7 Å². The van der Waals surface area contributed by atoms with Crippen molar-refractivity contribution in [1.82, 2.24) is 10.2 Å². The number of carbonyl (C=O) groups excluding carboxylic acids is 3. The van der Waals surface area contributed by atoms with Crippen LogP contribution in [0.25, 0.3) is 0 Å². The molecule has 0 aliphatic carbocycles. The molecule has 1 N–H and O–H groups in total. The van der Waals surface area contributed by atoms with Gasteiger partial charge in [0.1, 0.15) is 12.4 Å². The summed E-state index contributed by atoms with van der Waals surface area (Å²) in [6.07, 6.45) is 0.326. The third-order valence-corrected chi connectivity index (χ3v) is 2.91. The molecule has 1 saturated heterocycles. The number of imide groups is 1. The van der Waals surface area contributed by atoms with Gasteiger partial charge in [-0.1, -0.05) is 11.8 Å². The third kappa shape index (κ3) is 4.14. The summed E-state index contributed by atoms with van der Waals surface area (Å²) in [6, 6.07) is 5.66. The van der Waals surface area contributed by atoms with E-state index in [0.29, 0.717) is 5.56 Å². The van der Waals surface area contributed by atoms with E-state index in [-0.39, 0.29) is 43.6 Å². The van der Waals surface area contributed by atoms with Crippen LogP contribution in [0.3, 0.4) is 0 Å². The van der Waals surface area contributed by atoms with Crippen LogP contribution in [0.15, 0.2) is 24.3 Å². The molecule has 0 bridgehead atoms. The Kier molecular flexibility index (Phi) is 4.67. The summed E-state index contributed by atoms with van der Waals surface area (Å²) in [5, 5.41) is 2.50. The molecule has 1 aliphatic rings. The highest BCUT2D eigenvalue weighted by molar-refractivity contribution is 6.04. The molecule has 0 atom stereocenters. The van der Waals surface area contributed by atoms with Gasteiger partial charge in [-0.3, -0.25) is 19.3 Å². The average Bonchev–Trinajstić information content (AvgIpc) is 2.77. The lowest BCUT2D eigenvalue weighted by Crippen LogP contribution is -2.40. The van der Waals surface area contributed by atoms with Gasteiger partial charge in [-0.25, -0.2) is 4.39 Å². The van der Waals surface area contributed by atoms with Crippen LogP contribution in [0.1, 0.15) is 18.4 Å². The smallest absolute Gasteiger partial charge is 0.240 e. The molecule has 0 aromatic heterocycles. The zero-order valence-corrected chi connectivity index (χ0v) is 11.2. The second-order valence-electron chi connectivity index (χ2n) is 4.46. The van der Waals surface area contributed by atoms with Crippen molar-refractivity contribution in [2.45, 2.75) is 12.8 Å². The first-order chi connectivity index (χ1) is 10.1. The number of likely N-dealkylation sites (tertiary alicyclic amines) is 1. The minimum atomic E-state index is -0.438. The van der Waals surface area contributed by atoms with Crippen molar-refractivity contribution in [2.75, 3.05) is 13.1 Å². The molecule has 21 heavy (non-hydrogen) atoms. The molecular weight excluding hydrogens is 275 g/mol. The quantitative estimate of drug-likeness (QED) is 0.648. The summed E-state index contributed by atoms with van der Waals surface area (Å²) < 4.78 is 12.7. The van der Waals surface area contributed by atoms with E-state index in [4.69, 9.17) is 0 Å². The molecule has 2 rings (SSSR count). The largest absolute Gasteiger partial charge is 0.344 e. The van der Waals surface area contributed by atoms with E-state index in [0.717, 1.165) is 4.90 Å². The van der Waals surface area contributed by atoms with Gasteiger partial charge < -0.3 is 5.32 Å². The van der Waals surface area contributed by atoms with Crippen LogP contribution in [0, 0.1) is 17.7 Å². The molecule has 0 radical (unpaired) electrons. The molecule has 0 saturated carbocycles. The van der Waals surface area contributed by atoms with E-state index in [2.05, 4.69) is 17.2 Å². The number of rotatable bonds is 3. The van der Waals surface area contributed by atoms with Crippen LogP contribution in [0.4, 0.5) is 4.39 Å². The maximum absolute atomic E-state index is 12.7. The van der Waals surface area contributed by atoms with Gasteiger partial charge in [0, 0.05) is 18.4 Å². The summed E-state index contributed by atoms with van der Waals surface area (Å²) in [7, 11) is 0. The molecule has 1 heterocycles. The number of benzene rings is 1. The first-order valence-corrected chi connectivity index (χ1v) is 6.40. The van der Waals surface area contributed by atoms with E-state index >= 15 is 0 Å². The van der Waals surface area contributed by atoms with Crippen molar-refractivity contribution in [3.05, 3.63) is 35.6 Å². The van der Waals surface area contributed by atoms with E-state index in [1.807, 2.05) is 0 Å². The molecule has 0 unspecified atom stereocenters. The Morgan fingerprint density at radius 1 is 1.19 bits per heavy atom.